The number of nitrogens with zero attached hydrogens (tertiary/aromatic N) is 1. The maximum atomic E-state index is 13.3. The summed E-state index contributed by atoms with van der Waals surface area (Å²) in [5.41, 5.74) is 0.262. The van der Waals surface area contributed by atoms with E-state index in [1.54, 1.807) is 13.8 Å². The van der Waals surface area contributed by atoms with Crippen molar-refractivity contribution < 1.29 is 19.1 Å². The Morgan fingerprint density at radius 3 is 2.60 bits per heavy atom. The summed E-state index contributed by atoms with van der Waals surface area (Å²) in [6.45, 7) is 3.61. The second kappa shape index (κ2) is 7.09. The quantitative estimate of drug-likeness (QED) is 0.877. The highest BCUT2D eigenvalue weighted by Gasteiger charge is 2.18. The molecule has 0 aromatic heterocycles. The van der Waals surface area contributed by atoms with Gasteiger partial charge in [0.15, 0.2) is 0 Å². The van der Waals surface area contributed by atoms with Crippen LogP contribution in [0.5, 0.6) is 0 Å². The lowest BCUT2D eigenvalue weighted by Gasteiger charge is -2.26. The fourth-order valence-corrected chi connectivity index (χ4v) is 1.70. The molecule has 1 aromatic carbocycles. The van der Waals surface area contributed by atoms with E-state index < -0.39 is 17.8 Å². The zero-order chi connectivity index (χ0) is 15.3. The van der Waals surface area contributed by atoms with Crippen LogP contribution >= 0.6 is 11.6 Å². The van der Waals surface area contributed by atoms with Gasteiger partial charge in [-0.05, 0) is 32.0 Å². The first-order valence-electron chi connectivity index (χ1n) is 6.05. The molecule has 7 heteroatoms. The van der Waals surface area contributed by atoms with E-state index >= 15 is 0 Å². The standard InChI is InChI=1S/C13H16ClFN2O3/c1-8(2)17(6-5-12(18)19)13(20)16-9-3-4-10(14)11(15)7-9/h3-4,7-8H,5-6H2,1-2H3,(H,16,20)(H,18,19). The number of carbonyl (C=O) groups is 2. The number of urea groups is 1. The zero-order valence-corrected chi connectivity index (χ0v) is 11.9. The van der Waals surface area contributed by atoms with Crippen LogP contribution in [0.2, 0.25) is 5.02 Å². The van der Waals surface area contributed by atoms with Crippen molar-refractivity contribution in [3.8, 4) is 0 Å². The molecule has 0 fully saturated rings. The molecule has 0 saturated carbocycles. The van der Waals surface area contributed by atoms with Gasteiger partial charge in [-0.15, -0.1) is 0 Å². The summed E-state index contributed by atoms with van der Waals surface area (Å²) in [4.78, 5) is 24.0. The Morgan fingerprint density at radius 2 is 2.10 bits per heavy atom. The molecule has 2 N–H and O–H groups in total. The molecule has 0 spiro atoms. The topological polar surface area (TPSA) is 69.6 Å². The number of carboxylic acid groups (broad SMARTS) is 1. The van der Waals surface area contributed by atoms with Crippen LogP contribution in [0, 0.1) is 5.82 Å². The first-order chi connectivity index (χ1) is 9.31. The average molecular weight is 303 g/mol. The SMILES string of the molecule is CC(C)N(CCC(=O)O)C(=O)Nc1ccc(Cl)c(F)c1. The molecule has 110 valence electrons. The van der Waals surface area contributed by atoms with Crippen LogP contribution in [0.15, 0.2) is 18.2 Å². The van der Waals surface area contributed by atoms with Crippen LogP contribution in [0.25, 0.3) is 0 Å². The minimum absolute atomic E-state index is 0.0328. The summed E-state index contributed by atoms with van der Waals surface area (Å²) < 4.78 is 13.3. The molecule has 0 heterocycles. The number of amides is 2. The lowest BCUT2D eigenvalue weighted by atomic mass is 10.3. The van der Waals surface area contributed by atoms with Gasteiger partial charge in [-0.1, -0.05) is 11.6 Å². The maximum absolute atomic E-state index is 13.3. The minimum Gasteiger partial charge on any atom is -0.481 e. The molecule has 0 aliphatic carbocycles. The lowest BCUT2D eigenvalue weighted by Crippen LogP contribution is -2.41. The van der Waals surface area contributed by atoms with Gasteiger partial charge in [0.05, 0.1) is 11.4 Å². The highest BCUT2D eigenvalue weighted by atomic mass is 35.5. The maximum Gasteiger partial charge on any atom is 0.322 e. The highest BCUT2D eigenvalue weighted by Crippen LogP contribution is 2.19. The monoisotopic (exact) mass is 302 g/mol. The minimum atomic E-state index is -0.985. The molecule has 0 unspecified atom stereocenters. The molecule has 0 aliphatic rings. The molecule has 2 amide bonds. The van der Waals surface area contributed by atoms with Gasteiger partial charge in [-0.3, -0.25) is 4.79 Å². The number of hydrogen-bond donors (Lipinski definition) is 2. The first kappa shape index (κ1) is 16.2. The van der Waals surface area contributed by atoms with Crippen molar-refractivity contribution in [2.75, 3.05) is 11.9 Å². The van der Waals surface area contributed by atoms with Crippen molar-refractivity contribution >= 4 is 29.3 Å². The van der Waals surface area contributed by atoms with Gasteiger partial charge < -0.3 is 15.3 Å². The number of carbonyl (C=O) groups excluding carboxylic acids is 1. The summed E-state index contributed by atoms with van der Waals surface area (Å²) >= 11 is 5.55. The predicted molar refractivity (Wildman–Crippen MR) is 74.5 cm³/mol. The van der Waals surface area contributed by atoms with E-state index in [2.05, 4.69) is 5.32 Å². The van der Waals surface area contributed by atoms with Crippen molar-refractivity contribution in [3.05, 3.63) is 29.0 Å². The molecule has 0 saturated heterocycles. The number of halogens is 2. The lowest BCUT2D eigenvalue weighted by molar-refractivity contribution is -0.137. The predicted octanol–water partition coefficient (Wildman–Crippen LogP) is 3.20. The Balaban J connectivity index is 2.74. The van der Waals surface area contributed by atoms with Crippen molar-refractivity contribution in [1.29, 1.82) is 0 Å². The third kappa shape index (κ3) is 4.70. The Hall–Kier alpha value is -1.82. The summed E-state index contributed by atoms with van der Waals surface area (Å²) in [5.74, 6) is -1.62. The van der Waals surface area contributed by atoms with Gasteiger partial charge in [0.1, 0.15) is 5.82 Å². The fourth-order valence-electron chi connectivity index (χ4n) is 1.58. The van der Waals surface area contributed by atoms with Crippen molar-refractivity contribution in [2.45, 2.75) is 26.3 Å². The molecule has 0 atom stereocenters. The van der Waals surface area contributed by atoms with Gasteiger partial charge in [-0.25, -0.2) is 9.18 Å². The molecule has 1 rings (SSSR count). The molecular formula is C13H16ClFN2O3. The number of anilines is 1. The number of hydrogen-bond acceptors (Lipinski definition) is 2. The van der Waals surface area contributed by atoms with Crippen molar-refractivity contribution in [2.24, 2.45) is 0 Å². The number of aliphatic carboxylic acids is 1. The largest absolute Gasteiger partial charge is 0.481 e. The van der Waals surface area contributed by atoms with Gasteiger partial charge in [0.25, 0.3) is 0 Å². The van der Waals surface area contributed by atoms with Gasteiger partial charge in [-0.2, -0.15) is 0 Å². The first-order valence-corrected chi connectivity index (χ1v) is 6.43. The normalized spacial score (nSPS) is 10.4. The summed E-state index contributed by atoms with van der Waals surface area (Å²) in [6, 6.07) is 3.26. The van der Waals surface area contributed by atoms with E-state index in [-0.39, 0.29) is 29.7 Å². The van der Waals surface area contributed by atoms with E-state index in [4.69, 9.17) is 16.7 Å². The summed E-state index contributed by atoms with van der Waals surface area (Å²) in [6.07, 6.45) is -0.152. The molecule has 0 aliphatic heterocycles. The molecule has 1 aromatic rings. The Labute approximate surface area is 121 Å². The number of nitrogens with one attached hydrogen (secondary N) is 1. The summed E-state index contributed by atoms with van der Waals surface area (Å²) in [5, 5.41) is 11.1. The van der Waals surface area contributed by atoms with E-state index in [9.17, 15) is 14.0 Å². The third-order valence-electron chi connectivity index (χ3n) is 2.62. The Kier molecular flexibility index (Phi) is 5.76. The van der Waals surface area contributed by atoms with Crippen LogP contribution in [-0.2, 0) is 4.79 Å². The van der Waals surface area contributed by atoms with Gasteiger partial charge in [0.2, 0.25) is 0 Å². The van der Waals surface area contributed by atoms with Crippen LogP contribution in [-0.4, -0.2) is 34.6 Å². The van der Waals surface area contributed by atoms with Crippen LogP contribution in [0.3, 0.4) is 0 Å². The van der Waals surface area contributed by atoms with E-state index in [1.807, 2.05) is 0 Å². The highest BCUT2D eigenvalue weighted by molar-refractivity contribution is 6.30. The second-order valence-corrected chi connectivity index (χ2v) is 4.90. The van der Waals surface area contributed by atoms with Crippen LogP contribution < -0.4 is 5.32 Å². The molecule has 20 heavy (non-hydrogen) atoms. The van der Waals surface area contributed by atoms with E-state index in [1.165, 1.54) is 17.0 Å². The third-order valence-corrected chi connectivity index (χ3v) is 2.93. The molecule has 5 nitrogen and oxygen atoms in total. The number of rotatable bonds is 5. The Bertz CT molecular complexity index is 508. The van der Waals surface area contributed by atoms with Gasteiger partial charge >= 0.3 is 12.0 Å². The van der Waals surface area contributed by atoms with Crippen molar-refractivity contribution in [1.82, 2.24) is 4.90 Å². The van der Waals surface area contributed by atoms with E-state index in [0.717, 1.165) is 6.07 Å². The van der Waals surface area contributed by atoms with Crippen LogP contribution in [0.4, 0.5) is 14.9 Å². The van der Waals surface area contributed by atoms with Gasteiger partial charge in [0, 0.05) is 18.3 Å². The average Bonchev–Trinajstić information content (AvgIpc) is 2.33. The Morgan fingerprint density at radius 1 is 1.45 bits per heavy atom. The smallest absolute Gasteiger partial charge is 0.322 e. The number of carboxylic acids is 1. The molecule has 0 bridgehead atoms. The van der Waals surface area contributed by atoms with Crippen molar-refractivity contribution in [3.63, 3.8) is 0 Å². The molecule has 0 radical (unpaired) electrons. The zero-order valence-electron chi connectivity index (χ0n) is 11.2. The van der Waals surface area contributed by atoms with Crippen LogP contribution in [0.1, 0.15) is 20.3 Å². The van der Waals surface area contributed by atoms with E-state index in [0.29, 0.717) is 0 Å². The second-order valence-electron chi connectivity index (χ2n) is 4.49. The fraction of sp³-hybridized carbons (Fsp3) is 0.385. The number of benzene rings is 1. The molecular weight excluding hydrogens is 287 g/mol. The summed E-state index contributed by atoms with van der Waals surface area (Å²) in [7, 11) is 0.